The summed E-state index contributed by atoms with van der Waals surface area (Å²) >= 11 is 0. The van der Waals surface area contributed by atoms with Gasteiger partial charge in [-0.1, -0.05) is 30.3 Å². The number of rotatable bonds is 5. The molecule has 0 atom stereocenters. The number of ether oxygens (including phenoxy) is 1. The highest BCUT2D eigenvalue weighted by Gasteiger charge is 2.30. The van der Waals surface area contributed by atoms with Crippen LogP contribution in [0, 0.1) is 6.92 Å². The maximum Gasteiger partial charge on any atom is 0.290 e. The summed E-state index contributed by atoms with van der Waals surface area (Å²) in [5, 5.41) is 2.80. The number of hydrogen-bond donors (Lipinski definition) is 1. The molecule has 0 radical (unpaired) electrons. The van der Waals surface area contributed by atoms with E-state index < -0.39 is 12.5 Å². The fourth-order valence-electron chi connectivity index (χ4n) is 1.95. The van der Waals surface area contributed by atoms with E-state index in [1.54, 1.807) is 37.4 Å². The Morgan fingerprint density at radius 2 is 1.80 bits per heavy atom. The molecule has 0 aliphatic heterocycles. The number of aryl methyl sites for hydroxylation is 1. The van der Waals surface area contributed by atoms with E-state index in [0.717, 1.165) is 5.56 Å². The van der Waals surface area contributed by atoms with Crippen molar-refractivity contribution in [1.82, 2.24) is 0 Å². The Bertz CT molecular complexity index is 570. The molecule has 0 spiro atoms. The molecule has 0 aliphatic rings. The maximum atomic E-state index is 14.0. The quantitative estimate of drug-likeness (QED) is 0.884. The third kappa shape index (κ3) is 3.26. The van der Waals surface area contributed by atoms with E-state index >= 15 is 0 Å². The molecule has 0 unspecified atom stereocenters. The number of anilines is 1. The van der Waals surface area contributed by atoms with Crippen LogP contribution < -0.4 is 10.1 Å². The number of hydrogen-bond acceptors (Lipinski definition) is 2. The van der Waals surface area contributed by atoms with Gasteiger partial charge >= 0.3 is 0 Å². The highest BCUT2D eigenvalue weighted by Crippen LogP contribution is 2.29. The second kappa shape index (κ2) is 5.90. The first-order valence-electron chi connectivity index (χ1n) is 6.35. The van der Waals surface area contributed by atoms with Crippen LogP contribution in [-0.2, 0) is 5.92 Å². The standard InChI is InChI=1S/C16H17F2NO/c1-12-10-14(20-2)8-9-15(12)19-11-16(17,18)13-6-4-3-5-7-13/h3-10,19H,11H2,1-2H3. The Labute approximate surface area is 117 Å². The van der Waals surface area contributed by atoms with Crippen molar-refractivity contribution in [3.63, 3.8) is 0 Å². The Morgan fingerprint density at radius 1 is 1.10 bits per heavy atom. The van der Waals surface area contributed by atoms with Gasteiger partial charge in [0.15, 0.2) is 0 Å². The minimum absolute atomic E-state index is 0.0127. The molecular weight excluding hydrogens is 260 g/mol. The third-order valence-electron chi connectivity index (χ3n) is 3.13. The van der Waals surface area contributed by atoms with Crippen LogP contribution in [0.25, 0.3) is 0 Å². The monoisotopic (exact) mass is 277 g/mol. The van der Waals surface area contributed by atoms with E-state index in [0.29, 0.717) is 11.4 Å². The molecule has 2 nitrogen and oxygen atoms in total. The first-order valence-corrected chi connectivity index (χ1v) is 6.35. The van der Waals surface area contributed by atoms with Gasteiger partial charge in [-0.25, -0.2) is 0 Å². The second-order valence-corrected chi connectivity index (χ2v) is 4.60. The third-order valence-corrected chi connectivity index (χ3v) is 3.13. The first-order chi connectivity index (χ1) is 9.53. The molecular formula is C16H17F2NO. The Hall–Kier alpha value is -2.10. The topological polar surface area (TPSA) is 21.3 Å². The van der Waals surface area contributed by atoms with E-state index in [2.05, 4.69) is 5.32 Å². The van der Waals surface area contributed by atoms with Gasteiger partial charge in [-0.15, -0.1) is 0 Å². The van der Waals surface area contributed by atoms with Crippen LogP contribution in [0.2, 0.25) is 0 Å². The average Bonchev–Trinajstić information content (AvgIpc) is 2.47. The van der Waals surface area contributed by atoms with Crippen LogP contribution in [0.5, 0.6) is 5.75 Å². The molecule has 0 aromatic heterocycles. The van der Waals surface area contributed by atoms with E-state index in [-0.39, 0.29) is 5.56 Å². The first kappa shape index (κ1) is 14.3. The molecule has 0 amide bonds. The van der Waals surface area contributed by atoms with Gasteiger partial charge in [-0.05, 0) is 30.7 Å². The Morgan fingerprint density at radius 3 is 2.40 bits per heavy atom. The van der Waals surface area contributed by atoms with Crippen LogP contribution in [0.1, 0.15) is 11.1 Å². The number of halogens is 2. The fourth-order valence-corrected chi connectivity index (χ4v) is 1.95. The lowest BCUT2D eigenvalue weighted by Gasteiger charge is -2.19. The summed E-state index contributed by atoms with van der Waals surface area (Å²) in [7, 11) is 1.57. The minimum atomic E-state index is -2.91. The van der Waals surface area contributed by atoms with Crippen molar-refractivity contribution in [2.45, 2.75) is 12.8 Å². The molecule has 0 heterocycles. The summed E-state index contributed by atoms with van der Waals surface area (Å²) in [6.45, 7) is 1.41. The molecule has 2 rings (SSSR count). The molecule has 106 valence electrons. The molecule has 0 bridgehead atoms. The number of alkyl halides is 2. The Balaban J connectivity index is 2.08. The van der Waals surface area contributed by atoms with Crippen LogP contribution in [0.4, 0.5) is 14.5 Å². The van der Waals surface area contributed by atoms with Crippen LogP contribution >= 0.6 is 0 Å². The zero-order chi connectivity index (χ0) is 14.6. The van der Waals surface area contributed by atoms with Gasteiger partial charge in [0.1, 0.15) is 5.75 Å². The van der Waals surface area contributed by atoms with E-state index in [4.69, 9.17) is 4.74 Å². The van der Waals surface area contributed by atoms with Crippen molar-refractivity contribution in [2.75, 3.05) is 19.0 Å². The highest BCUT2D eigenvalue weighted by molar-refractivity contribution is 5.53. The van der Waals surface area contributed by atoms with Gasteiger partial charge in [0, 0.05) is 11.3 Å². The molecule has 0 aliphatic carbocycles. The summed E-state index contributed by atoms with van der Waals surface area (Å²) in [6, 6.07) is 13.1. The summed E-state index contributed by atoms with van der Waals surface area (Å²) < 4.78 is 33.2. The summed E-state index contributed by atoms with van der Waals surface area (Å²) in [5.41, 5.74) is 1.56. The molecule has 2 aromatic carbocycles. The fraction of sp³-hybridized carbons (Fsp3) is 0.250. The number of benzene rings is 2. The van der Waals surface area contributed by atoms with E-state index in [1.807, 2.05) is 13.0 Å². The lowest BCUT2D eigenvalue weighted by Crippen LogP contribution is -2.24. The average molecular weight is 277 g/mol. The maximum absolute atomic E-state index is 14.0. The lowest BCUT2D eigenvalue weighted by molar-refractivity contribution is 0.0106. The number of nitrogens with one attached hydrogen (secondary N) is 1. The molecule has 2 aromatic rings. The molecule has 1 N–H and O–H groups in total. The largest absolute Gasteiger partial charge is 0.497 e. The second-order valence-electron chi connectivity index (χ2n) is 4.60. The van der Waals surface area contributed by atoms with Gasteiger partial charge in [-0.3, -0.25) is 0 Å². The normalized spacial score (nSPS) is 11.2. The van der Waals surface area contributed by atoms with Gasteiger partial charge in [0.2, 0.25) is 0 Å². The zero-order valence-electron chi connectivity index (χ0n) is 11.5. The summed E-state index contributed by atoms with van der Waals surface area (Å²) in [6.07, 6.45) is 0. The van der Waals surface area contributed by atoms with Crippen molar-refractivity contribution < 1.29 is 13.5 Å². The lowest BCUT2D eigenvalue weighted by atomic mass is 10.1. The van der Waals surface area contributed by atoms with Crippen LogP contribution in [-0.4, -0.2) is 13.7 Å². The minimum Gasteiger partial charge on any atom is -0.497 e. The van der Waals surface area contributed by atoms with Crippen LogP contribution in [0.3, 0.4) is 0 Å². The molecule has 0 saturated carbocycles. The van der Waals surface area contributed by atoms with Crippen molar-refractivity contribution in [3.05, 3.63) is 59.7 Å². The van der Waals surface area contributed by atoms with Crippen molar-refractivity contribution in [3.8, 4) is 5.75 Å². The number of methoxy groups -OCH3 is 1. The SMILES string of the molecule is COc1ccc(NCC(F)(F)c2ccccc2)c(C)c1. The smallest absolute Gasteiger partial charge is 0.290 e. The molecule has 4 heteroatoms. The summed E-state index contributed by atoms with van der Waals surface area (Å²) in [4.78, 5) is 0. The van der Waals surface area contributed by atoms with Crippen molar-refractivity contribution in [2.24, 2.45) is 0 Å². The molecule has 0 fully saturated rings. The van der Waals surface area contributed by atoms with E-state index in [1.165, 1.54) is 12.1 Å². The van der Waals surface area contributed by atoms with Crippen molar-refractivity contribution >= 4 is 5.69 Å². The van der Waals surface area contributed by atoms with Gasteiger partial charge in [-0.2, -0.15) is 8.78 Å². The highest BCUT2D eigenvalue weighted by atomic mass is 19.3. The summed E-state index contributed by atoms with van der Waals surface area (Å²) in [5.74, 6) is -2.20. The van der Waals surface area contributed by atoms with Gasteiger partial charge in [0.25, 0.3) is 5.92 Å². The predicted molar refractivity (Wildman–Crippen MR) is 76.6 cm³/mol. The van der Waals surface area contributed by atoms with E-state index in [9.17, 15) is 8.78 Å². The van der Waals surface area contributed by atoms with Crippen molar-refractivity contribution in [1.29, 1.82) is 0 Å². The zero-order valence-corrected chi connectivity index (χ0v) is 11.5. The molecule has 0 saturated heterocycles. The van der Waals surface area contributed by atoms with Gasteiger partial charge < -0.3 is 10.1 Å². The molecule has 20 heavy (non-hydrogen) atoms. The van der Waals surface area contributed by atoms with Crippen LogP contribution in [0.15, 0.2) is 48.5 Å². The Kier molecular flexibility index (Phi) is 4.23. The van der Waals surface area contributed by atoms with Gasteiger partial charge in [0.05, 0.1) is 13.7 Å². The predicted octanol–water partition coefficient (Wildman–Crippen LogP) is 4.21.